The van der Waals surface area contributed by atoms with E-state index in [1.807, 2.05) is 22.7 Å². The molecule has 0 amide bonds. The van der Waals surface area contributed by atoms with Gasteiger partial charge in [0.05, 0.1) is 0 Å². The van der Waals surface area contributed by atoms with Gasteiger partial charge in [-0.25, -0.2) is 0 Å². The Kier molecular flexibility index (Phi) is 3.21. The molecule has 3 heterocycles. The lowest BCUT2D eigenvalue weighted by molar-refractivity contribution is 0.535. The van der Waals surface area contributed by atoms with Crippen LogP contribution in [0.15, 0.2) is 32.1 Å². The largest absolute Gasteiger partial charge is 0.430 e. The first kappa shape index (κ1) is 13.8. The number of aromatic nitrogens is 4. The van der Waals surface area contributed by atoms with Gasteiger partial charge in [-0.3, -0.25) is 4.40 Å². The first-order valence-corrected chi connectivity index (χ1v) is 7.62. The van der Waals surface area contributed by atoms with Crippen molar-refractivity contribution in [3.8, 4) is 11.3 Å². The number of halogens is 2. The third kappa shape index (κ3) is 2.29. The third-order valence-corrected chi connectivity index (χ3v) is 3.77. The summed E-state index contributed by atoms with van der Waals surface area (Å²) in [5.74, 6) is 1.58. The molecule has 0 saturated carbocycles. The average molecular weight is 400 g/mol. The molecule has 0 N–H and O–H groups in total. The predicted molar refractivity (Wildman–Crippen MR) is 82.6 cm³/mol. The molecular weight excluding hydrogens is 388 g/mol. The summed E-state index contributed by atoms with van der Waals surface area (Å²) in [7, 11) is 0. The minimum absolute atomic E-state index is 0.0860. The van der Waals surface area contributed by atoms with E-state index >= 15 is 0 Å². The molecule has 20 heavy (non-hydrogen) atoms. The summed E-state index contributed by atoms with van der Waals surface area (Å²) in [4.78, 5) is 4.60. The minimum atomic E-state index is -0.0860. The standard InChI is InChI=1S/C13H12Br2N4O/c1-13(2,3)11-18-17-8-5-4-7(6-19(8)11)9-10(14)16-12(15)20-9/h4-6H,1-3H3. The van der Waals surface area contributed by atoms with Crippen LogP contribution in [-0.2, 0) is 5.41 Å². The zero-order chi connectivity index (χ0) is 14.5. The summed E-state index contributed by atoms with van der Waals surface area (Å²) in [6.07, 6.45) is 1.97. The van der Waals surface area contributed by atoms with Crippen molar-refractivity contribution in [2.75, 3.05) is 0 Å². The molecule has 0 aliphatic rings. The summed E-state index contributed by atoms with van der Waals surface area (Å²) in [6, 6.07) is 3.86. The Labute approximate surface area is 132 Å². The molecule has 3 aromatic heterocycles. The third-order valence-electron chi connectivity index (χ3n) is 2.90. The van der Waals surface area contributed by atoms with Gasteiger partial charge in [0.2, 0.25) is 0 Å². The molecule has 0 radical (unpaired) electrons. The van der Waals surface area contributed by atoms with Crippen molar-refractivity contribution in [2.45, 2.75) is 26.2 Å². The van der Waals surface area contributed by atoms with Crippen LogP contribution in [0, 0.1) is 0 Å². The van der Waals surface area contributed by atoms with Crippen molar-refractivity contribution in [1.82, 2.24) is 19.6 Å². The van der Waals surface area contributed by atoms with Gasteiger partial charge in [-0.05, 0) is 28.1 Å². The van der Waals surface area contributed by atoms with Crippen LogP contribution in [0.3, 0.4) is 0 Å². The summed E-state index contributed by atoms with van der Waals surface area (Å²) in [5, 5.41) is 8.47. The van der Waals surface area contributed by atoms with Gasteiger partial charge < -0.3 is 4.42 Å². The minimum Gasteiger partial charge on any atom is -0.430 e. The zero-order valence-electron chi connectivity index (χ0n) is 11.2. The Balaban J connectivity index is 2.22. The van der Waals surface area contributed by atoms with Crippen LogP contribution in [-0.4, -0.2) is 19.6 Å². The zero-order valence-corrected chi connectivity index (χ0v) is 14.4. The maximum atomic E-state index is 5.56. The van der Waals surface area contributed by atoms with Crippen molar-refractivity contribution in [1.29, 1.82) is 0 Å². The van der Waals surface area contributed by atoms with E-state index in [-0.39, 0.29) is 5.41 Å². The molecule has 0 unspecified atom stereocenters. The quantitative estimate of drug-likeness (QED) is 0.615. The fourth-order valence-corrected chi connectivity index (χ4v) is 3.04. The molecule has 0 fully saturated rings. The van der Waals surface area contributed by atoms with Gasteiger partial charge in [0.15, 0.2) is 16.0 Å². The normalized spacial score (nSPS) is 12.2. The number of hydrogen-bond donors (Lipinski definition) is 0. The molecule has 104 valence electrons. The van der Waals surface area contributed by atoms with E-state index in [1.54, 1.807) is 0 Å². The lowest BCUT2D eigenvalue weighted by Gasteiger charge is -2.15. The topological polar surface area (TPSA) is 56.2 Å². The van der Waals surface area contributed by atoms with E-state index in [4.69, 9.17) is 4.42 Å². The highest BCUT2D eigenvalue weighted by molar-refractivity contribution is 9.11. The van der Waals surface area contributed by atoms with Crippen LogP contribution < -0.4 is 0 Å². The molecule has 3 aromatic rings. The summed E-state index contributed by atoms with van der Waals surface area (Å²) in [5.41, 5.74) is 1.64. The highest BCUT2D eigenvalue weighted by atomic mass is 79.9. The Morgan fingerprint density at radius 3 is 2.50 bits per heavy atom. The van der Waals surface area contributed by atoms with Crippen LogP contribution in [0.4, 0.5) is 0 Å². The molecule has 0 atom stereocenters. The number of hydrogen-bond acceptors (Lipinski definition) is 4. The molecule has 3 rings (SSSR count). The van der Waals surface area contributed by atoms with Crippen LogP contribution in [0.25, 0.3) is 17.0 Å². The van der Waals surface area contributed by atoms with Gasteiger partial charge in [0.1, 0.15) is 5.82 Å². The van der Waals surface area contributed by atoms with Crippen LogP contribution >= 0.6 is 31.9 Å². The van der Waals surface area contributed by atoms with Crippen molar-refractivity contribution >= 4 is 37.5 Å². The Morgan fingerprint density at radius 2 is 1.90 bits per heavy atom. The Bertz CT molecular complexity index is 785. The van der Waals surface area contributed by atoms with Gasteiger partial charge in [0.25, 0.3) is 4.80 Å². The van der Waals surface area contributed by atoms with Crippen molar-refractivity contribution in [3.05, 3.63) is 33.6 Å². The number of oxazole rings is 1. The van der Waals surface area contributed by atoms with Gasteiger partial charge in [-0.15, -0.1) is 10.2 Å². The van der Waals surface area contributed by atoms with Crippen molar-refractivity contribution in [3.63, 3.8) is 0 Å². The number of nitrogens with zero attached hydrogens (tertiary/aromatic N) is 4. The SMILES string of the molecule is CC(C)(C)c1nnc2ccc(-c3oc(Br)nc3Br)cn12. The highest BCUT2D eigenvalue weighted by Crippen LogP contribution is 2.31. The molecule has 0 bridgehead atoms. The fourth-order valence-electron chi connectivity index (χ4n) is 1.99. The van der Waals surface area contributed by atoms with Crippen LogP contribution in [0.2, 0.25) is 0 Å². The average Bonchev–Trinajstić information content (AvgIpc) is 2.90. The van der Waals surface area contributed by atoms with Crippen molar-refractivity contribution in [2.24, 2.45) is 0 Å². The molecule has 0 aromatic carbocycles. The van der Waals surface area contributed by atoms with E-state index < -0.39 is 0 Å². The van der Waals surface area contributed by atoms with Crippen molar-refractivity contribution < 1.29 is 4.42 Å². The van der Waals surface area contributed by atoms with E-state index in [0.717, 1.165) is 17.0 Å². The maximum Gasteiger partial charge on any atom is 0.265 e. The predicted octanol–water partition coefficient (Wildman–Crippen LogP) is 4.21. The van der Waals surface area contributed by atoms with E-state index in [9.17, 15) is 0 Å². The highest BCUT2D eigenvalue weighted by Gasteiger charge is 2.21. The second-order valence-electron chi connectivity index (χ2n) is 5.51. The van der Waals surface area contributed by atoms with Crippen LogP contribution in [0.1, 0.15) is 26.6 Å². The number of pyridine rings is 1. The number of rotatable bonds is 1. The lowest BCUT2D eigenvalue weighted by Crippen LogP contribution is -2.15. The second kappa shape index (κ2) is 4.66. The first-order valence-electron chi connectivity index (χ1n) is 6.04. The maximum absolute atomic E-state index is 5.56. The van der Waals surface area contributed by atoms with Gasteiger partial charge in [0, 0.05) is 33.1 Å². The molecule has 5 nitrogen and oxygen atoms in total. The fraction of sp³-hybridized carbons (Fsp3) is 0.308. The lowest BCUT2D eigenvalue weighted by atomic mass is 9.96. The van der Waals surface area contributed by atoms with Gasteiger partial charge in [-0.2, -0.15) is 4.98 Å². The first-order chi connectivity index (χ1) is 9.36. The molecule has 0 aliphatic carbocycles. The Hall–Kier alpha value is -1.21. The summed E-state index contributed by atoms with van der Waals surface area (Å²) < 4.78 is 8.20. The Morgan fingerprint density at radius 1 is 1.15 bits per heavy atom. The summed E-state index contributed by atoms with van der Waals surface area (Å²) >= 11 is 6.62. The molecule has 0 aliphatic heterocycles. The second-order valence-corrected chi connectivity index (χ2v) is 6.94. The monoisotopic (exact) mass is 398 g/mol. The number of fused-ring (bicyclic) bond motifs is 1. The smallest absolute Gasteiger partial charge is 0.265 e. The van der Waals surface area contributed by atoms with E-state index in [0.29, 0.717) is 15.2 Å². The molecule has 0 spiro atoms. The summed E-state index contributed by atoms with van der Waals surface area (Å²) in [6.45, 7) is 6.32. The van der Waals surface area contributed by atoms with Gasteiger partial charge >= 0.3 is 0 Å². The molecule has 7 heteroatoms. The van der Waals surface area contributed by atoms with E-state index in [1.165, 1.54) is 0 Å². The van der Waals surface area contributed by atoms with Crippen LogP contribution in [0.5, 0.6) is 0 Å². The molecule has 0 saturated heterocycles. The van der Waals surface area contributed by atoms with E-state index in [2.05, 4.69) is 67.8 Å². The molecular formula is C13H12Br2N4O. The van der Waals surface area contributed by atoms with Gasteiger partial charge in [-0.1, -0.05) is 20.8 Å².